The van der Waals surface area contributed by atoms with E-state index in [0.29, 0.717) is 6.54 Å². The van der Waals surface area contributed by atoms with Gasteiger partial charge in [0.25, 0.3) is 5.91 Å². The zero-order valence-electron chi connectivity index (χ0n) is 11.4. The van der Waals surface area contributed by atoms with E-state index < -0.39 is 0 Å². The lowest BCUT2D eigenvalue weighted by molar-refractivity contribution is -0.133. The highest BCUT2D eigenvalue weighted by Gasteiger charge is 2.34. The number of nitrogens with zero attached hydrogens (tertiary/aromatic N) is 1. The number of amides is 1. The summed E-state index contributed by atoms with van der Waals surface area (Å²) < 4.78 is 5.41. The van der Waals surface area contributed by atoms with E-state index in [1.807, 2.05) is 38.1 Å². The van der Waals surface area contributed by atoms with E-state index in [-0.39, 0.29) is 12.1 Å². The normalized spacial score (nSPS) is 19.5. The fraction of sp³-hybridized carbons (Fsp3) is 0.400. The number of carbonyl (C=O) groups excluding carboxylic acids is 1. The molecule has 0 spiro atoms. The third-order valence-corrected chi connectivity index (χ3v) is 3.86. The van der Waals surface area contributed by atoms with Crippen LogP contribution in [-0.2, 0) is 16.0 Å². The Morgan fingerprint density at radius 3 is 2.47 bits per heavy atom. The molecule has 3 nitrogen and oxygen atoms in total. The minimum absolute atomic E-state index is 0.0679. The second-order valence-electron chi connectivity index (χ2n) is 4.77. The zero-order valence-corrected chi connectivity index (χ0v) is 12.2. The first-order valence-electron chi connectivity index (χ1n) is 6.30. The lowest BCUT2D eigenvalue weighted by Gasteiger charge is -2.25. The van der Waals surface area contributed by atoms with Crippen molar-refractivity contribution in [2.75, 3.05) is 13.7 Å². The topological polar surface area (TPSA) is 29.5 Å². The minimum Gasteiger partial charge on any atom is -0.358 e. The molecule has 19 heavy (non-hydrogen) atoms. The van der Waals surface area contributed by atoms with Gasteiger partial charge in [0.1, 0.15) is 0 Å². The summed E-state index contributed by atoms with van der Waals surface area (Å²) in [6.45, 7) is 4.45. The molecule has 1 heterocycles. The number of methoxy groups -OCH3 is 1. The summed E-state index contributed by atoms with van der Waals surface area (Å²) in [5.41, 5.74) is 2.96. The number of benzene rings is 1. The molecule has 2 rings (SSSR count). The van der Waals surface area contributed by atoms with Gasteiger partial charge >= 0.3 is 0 Å². The Kier molecular flexibility index (Phi) is 4.27. The fourth-order valence-electron chi connectivity index (χ4n) is 2.33. The first-order chi connectivity index (χ1) is 9.04. The summed E-state index contributed by atoms with van der Waals surface area (Å²) in [6.07, 6.45) is 0.573. The monoisotopic (exact) mass is 279 g/mol. The van der Waals surface area contributed by atoms with Crippen molar-refractivity contribution in [2.45, 2.75) is 26.5 Å². The van der Waals surface area contributed by atoms with Crippen LogP contribution in [0.15, 0.2) is 35.4 Å². The number of ether oxygens (including phenoxy) is 1. The lowest BCUT2D eigenvalue weighted by Crippen LogP contribution is -2.38. The highest BCUT2D eigenvalue weighted by Crippen LogP contribution is 2.26. The van der Waals surface area contributed by atoms with Gasteiger partial charge in [0.05, 0.1) is 0 Å². The van der Waals surface area contributed by atoms with Crippen molar-refractivity contribution < 1.29 is 9.53 Å². The van der Waals surface area contributed by atoms with Gasteiger partial charge in [-0.1, -0.05) is 23.7 Å². The Hall–Kier alpha value is -1.32. The minimum atomic E-state index is -0.222. The molecule has 0 saturated heterocycles. The molecule has 0 unspecified atom stereocenters. The summed E-state index contributed by atoms with van der Waals surface area (Å²) >= 11 is 5.85. The summed E-state index contributed by atoms with van der Waals surface area (Å²) in [7, 11) is 1.63. The van der Waals surface area contributed by atoms with Crippen LogP contribution in [0.3, 0.4) is 0 Å². The number of halogens is 1. The average molecular weight is 280 g/mol. The van der Waals surface area contributed by atoms with Crippen LogP contribution in [0.1, 0.15) is 19.4 Å². The third kappa shape index (κ3) is 2.82. The van der Waals surface area contributed by atoms with Crippen molar-refractivity contribution >= 4 is 17.5 Å². The average Bonchev–Trinajstić information content (AvgIpc) is 2.62. The van der Waals surface area contributed by atoms with Gasteiger partial charge in [-0.25, -0.2) is 0 Å². The van der Waals surface area contributed by atoms with Gasteiger partial charge < -0.3 is 9.64 Å². The molecule has 0 saturated carbocycles. The molecular weight excluding hydrogens is 262 g/mol. The second-order valence-corrected chi connectivity index (χ2v) is 5.21. The van der Waals surface area contributed by atoms with Crippen molar-refractivity contribution in [3.8, 4) is 0 Å². The van der Waals surface area contributed by atoms with Gasteiger partial charge in [-0.3, -0.25) is 4.79 Å². The molecule has 0 N–H and O–H groups in total. The maximum Gasteiger partial charge on any atom is 0.251 e. The lowest BCUT2D eigenvalue weighted by atomic mass is 10.1. The summed E-state index contributed by atoms with van der Waals surface area (Å²) in [4.78, 5) is 13.9. The van der Waals surface area contributed by atoms with Crippen molar-refractivity contribution in [3.05, 3.63) is 46.0 Å². The predicted molar refractivity (Wildman–Crippen MR) is 76.0 cm³/mol. The Labute approximate surface area is 118 Å². The summed E-state index contributed by atoms with van der Waals surface area (Å²) in [5.74, 6) is 0.0679. The van der Waals surface area contributed by atoms with E-state index in [2.05, 4.69) is 0 Å². The van der Waals surface area contributed by atoms with Crippen LogP contribution < -0.4 is 0 Å². The van der Waals surface area contributed by atoms with Crippen LogP contribution >= 0.6 is 11.6 Å². The molecule has 4 heteroatoms. The second kappa shape index (κ2) is 5.76. The van der Waals surface area contributed by atoms with Gasteiger partial charge in [0.2, 0.25) is 0 Å². The van der Waals surface area contributed by atoms with Crippen molar-refractivity contribution in [3.63, 3.8) is 0 Å². The maximum absolute atomic E-state index is 12.1. The SMILES string of the molecule is CO[C@@H]1C(C)=C(C)C(=O)N1CCc1ccc(Cl)cc1. The Bertz CT molecular complexity index is 507. The number of carbonyl (C=O) groups is 1. The molecule has 0 aromatic heterocycles. The van der Waals surface area contributed by atoms with Crippen LogP contribution in [0.5, 0.6) is 0 Å². The largest absolute Gasteiger partial charge is 0.358 e. The van der Waals surface area contributed by atoms with Crippen LogP contribution in [0.4, 0.5) is 0 Å². The summed E-state index contributed by atoms with van der Waals surface area (Å²) in [5, 5.41) is 0.726. The van der Waals surface area contributed by atoms with Gasteiger partial charge in [-0.15, -0.1) is 0 Å². The molecule has 1 aromatic carbocycles. The summed E-state index contributed by atoms with van der Waals surface area (Å²) in [6, 6.07) is 7.70. The zero-order chi connectivity index (χ0) is 14.0. The van der Waals surface area contributed by atoms with Crippen LogP contribution in [-0.4, -0.2) is 30.7 Å². The van der Waals surface area contributed by atoms with E-state index in [0.717, 1.165) is 28.2 Å². The standard InChI is InChI=1S/C15H18ClNO2/c1-10-11(2)15(19-3)17(14(10)18)9-8-12-4-6-13(16)7-5-12/h4-7,15H,8-9H2,1-3H3/t15-/m1/s1. The van der Waals surface area contributed by atoms with Gasteiger partial charge in [0, 0.05) is 24.3 Å². The van der Waals surface area contributed by atoms with E-state index >= 15 is 0 Å². The number of rotatable bonds is 4. The molecular formula is C15H18ClNO2. The van der Waals surface area contributed by atoms with Gasteiger partial charge in [0.15, 0.2) is 6.23 Å². The highest BCUT2D eigenvalue weighted by atomic mass is 35.5. The van der Waals surface area contributed by atoms with Crippen LogP contribution in [0.25, 0.3) is 0 Å². The molecule has 102 valence electrons. The van der Waals surface area contributed by atoms with Crippen LogP contribution in [0, 0.1) is 0 Å². The molecule has 1 aromatic rings. The van der Waals surface area contributed by atoms with Gasteiger partial charge in [-0.05, 0) is 43.5 Å². The van der Waals surface area contributed by atoms with Crippen molar-refractivity contribution in [2.24, 2.45) is 0 Å². The molecule has 0 radical (unpaired) electrons. The molecule has 0 fully saturated rings. The molecule has 1 atom stereocenters. The van der Waals surface area contributed by atoms with Gasteiger partial charge in [-0.2, -0.15) is 0 Å². The highest BCUT2D eigenvalue weighted by molar-refractivity contribution is 6.30. The first kappa shape index (κ1) is 14.1. The molecule has 0 aliphatic carbocycles. The Balaban J connectivity index is 2.04. The molecule has 0 bridgehead atoms. The van der Waals surface area contributed by atoms with Crippen molar-refractivity contribution in [1.82, 2.24) is 4.90 Å². The Morgan fingerprint density at radius 1 is 1.26 bits per heavy atom. The Morgan fingerprint density at radius 2 is 1.89 bits per heavy atom. The third-order valence-electron chi connectivity index (χ3n) is 3.60. The first-order valence-corrected chi connectivity index (χ1v) is 6.68. The quantitative estimate of drug-likeness (QED) is 0.848. The van der Waals surface area contributed by atoms with E-state index in [1.165, 1.54) is 0 Å². The predicted octanol–water partition coefficient (Wildman–Crippen LogP) is 3.03. The smallest absolute Gasteiger partial charge is 0.251 e. The van der Waals surface area contributed by atoms with E-state index in [1.54, 1.807) is 12.0 Å². The van der Waals surface area contributed by atoms with E-state index in [9.17, 15) is 4.79 Å². The van der Waals surface area contributed by atoms with Crippen LogP contribution in [0.2, 0.25) is 5.02 Å². The molecule has 1 aliphatic heterocycles. The number of hydrogen-bond acceptors (Lipinski definition) is 2. The molecule has 1 aliphatic rings. The number of hydrogen-bond donors (Lipinski definition) is 0. The fourth-order valence-corrected chi connectivity index (χ4v) is 2.46. The maximum atomic E-state index is 12.1. The van der Waals surface area contributed by atoms with Crippen molar-refractivity contribution in [1.29, 1.82) is 0 Å². The van der Waals surface area contributed by atoms with E-state index in [4.69, 9.17) is 16.3 Å². The molecule has 1 amide bonds.